The first kappa shape index (κ1) is 12.4. The van der Waals surface area contributed by atoms with Crippen LogP contribution in [0.3, 0.4) is 0 Å². The monoisotopic (exact) mass is 296 g/mol. The molecule has 0 radical (unpaired) electrons. The first-order valence-corrected chi connectivity index (χ1v) is 10.9. The number of hydrogen-bond donors (Lipinski definition) is 0. The lowest BCUT2D eigenvalue weighted by Gasteiger charge is -2.41. The molecule has 0 heteroatoms. The normalized spacial score (nSPS) is 69.8. The van der Waals surface area contributed by atoms with E-state index in [2.05, 4.69) is 0 Å². The minimum atomic E-state index is 1.19. The molecule has 0 nitrogen and oxygen atoms in total. The maximum atomic E-state index is 1.69. The van der Waals surface area contributed by atoms with E-state index in [1.54, 1.807) is 64.2 Å². The summed E-state index contributed by atoms with van der Waals surface area (Å²) in [6.07, 6.45) is 16.5. The van der Waals surface area contributed by atoms with Gasteiger partial charge >= 0.3 is 0 Å². The molecule has 7 saturated carbocycles. The van der Waals surface area contributed by atoms with Crippen LogP contribution in [-0.2, 0) is 0 Å². The molecular formula is C22H32. The molecule has 7 rings (SSSR count). The Morgan fingerprint density at radius 2 is 0.818 bits per heavy atom. The summed E-state index contributed by atoms with van der Waals surface area (Å²) >= 11 is 0. The zero-order valence-electron chi connectivity index (χ0n) is 14.0. The molecule has 0 aromatic carbocycles. The van der Waals surface area contributed by atoms with E-state index in [1.165, 1.54) is 71.0 Å². The molecule has 7 aliphatic carbocycles. The second-order valence-electron chi connectivity index (χ2n) is 10.9. The highest BCUT2D eigenvalue weighted by Crippen LogP contribution is 2.71. The minimum Gasteiger partial charge on any atom is -0.0499 e. The van der Waals surface area contributed by atoms with E-state index in [1.807, 2.05) is 0 Å². The predicted octanol–water partition coefficient (Wildman–Crippen LogP) is 5.38. The van der Waals surface area contributed by atoms with Gasteiger partial charge in [0, 0.05) is 0 Å². The largest absolute Gasteiger partial charge is 0.0499 e. The van der Waals surface area contributed by atoms with Gasteiger partial charge in [-0.05, 0) is 135 Å². The molecule has 11 unspecified atom stereocenters. The van der Waals surface area contributed by atoms with Crippen LogP contribution in [-0.4, -0.2) is 0 Å². The van der Waals surface area contributed by atoms with E-state index in [9.17, 15) is 0 Å². The molecule has 7 fully saturated rings. The summed E-state index contributed by atoms with van der Waals surface area (Å²) in [5.74, 6) is 14.5. The summed E-state index contributed by atoms with van der Waals surface area (Å²) in [5.41, 5.74) is 0. The van der Waals surface area contributed by atoms with Crippen LogP contribution in [0.1, 0.15) is 64.2 Å². The molecular weight excluding hydrogens is 264 g/mol. The topological polar surface area (TPSA) is 0 Å². The fraction of sp³-hybridized carbons (Fsp3) is 1.00. The van der Waals surface area contributed by atoms with Gasteiger partial charge in [-0.1, -0.05) is 0 Å². The average Bonchev–Trinajstić information content (AvgIpc) is 3.38. The van der Waals surface area contributed by atoms with Gasteiger partial charge in [0.2, 0.25) is 0 Å². The summed E-state index contributed by atoms with van der Waals surface area (Å²) in [7, 11) is 0. The van der Waals surface area contributed by atoms with Gasteiger partial charge in [0.1, 0.15) is 0 Å². The van der Waals surface area contributed by atoms with Crippen LogP contribution >= 0.6 is 0 Å². The lowest BCUT2D eigenvalue weighted by Crippen LogP contribution is -2.35. The Bertz CT molecular complexity index is 490. The molecule has 0 spiro atoms. The Kier molecular flexibility index (Phi) is 2.23. The second-order valence-corrected chi connectivity index (χ2v) is 10.9. The highest BCUT2D eigenvalue weighted by Gasteiger charge is 2.64. The van der Waals surface area contributed by atoms with E-state index in [0.717, 1.165) is 0 Å². The van der Waals surface area contributed by atoms with E-state index in [4.69, 9.17) is 0 Å². The molecule has 11 atom stereocenters. The molecule has 0 heterocycles. The zero-order valence-corrected chi connectivity index (χ0v) is 14.0. The average molecular weight is 296 g/mol. The minimum absolute atomic E-state index is 1.19. The van der Waals surface area contributed by atoms with Crippen LogP contribution in [0, 0.1) is 71.0 Å². The van der Waals surface area contributed by atoms with Crippen molar-refractivity contribution in [2.24, 2.45) is 71.0 Å². The van der Waals surface area contributed by atoms with Crippen LogP contribution < -0.4 is 0 Å². The first-order chi connectivity index (χ1) is 10.9. The summed E-state index contributed by atoms with van der Waals surface area (Å²) in [5, 5.41) is 0. The first-order valence-electron chi connectivity index (χ1n) is 10.9. The van der Waals surface area contributed by atoms with Crippen molar-refractivity contribution in [1.29, 1.82) is 0 Å². The Labute approximate surface area is 135 Å². The third-order valence-electron chi connectivity index (χ3n) is 10.8. The molecule has 0 aliphatic heterocycles. The lowest BCUT2D eigenvalue weighted by atomic mass is 9.64. The van der Waals surface area contributed by atoms with Gasteiger partial charge in [-0.15, -0.1) is 0 Å². The third kappa shape index (κ3) is 1.32. The smallest absolute Gasteiger partial charge is 0.0321 e. The summed E-state index contributed by atoms with van der Waals surface area (Å²) in [4.78, 5) is 0. The van der Waals surface area contributed by atoms with Crippen LogP contribution in [0.15, 0.2) is 0 Å². The highest BCUT2D eigenvalue weighted by molar-refractivity contribution is 5.13. The van der Waals surface area contributed by atoms with Gasteiger partial charge in [-0.3, -0.25) is 0 Å². The Morgan fingerprint density at radius 3 is 1.59 bits per heavy atom. The lowest BCUT2D eigenvalue weighted by molar-refractivity contribution is 0.0740. The fourth-order valence-corrected chi connectivity index (χ4v) is 10.6. The van der Waals surface area contributed by atoms with Crippen molar-refractivity contribution in [1.82, 2.24) is 0 Å². The molecule has 6 bridgehead atoms. The van der Waals surface area contributed by atoms with Gasteiger partial charge in [-0.2, -0.15) is 0 Å². The van der Waals surface area contributed by atoms with Crippen molar-refractivity contribution >= 4 is 0 Å². The van der Waals surface area contributed by atoms with Crippen LogP contribution in [0.2, 0.25) is 0 Å². The molecule has 7 aliphatic rings. The van der Waals surface area contributed by atoms with Crippen LogP contribution in [0.5, 0.6) is 0 Å². The maximum Gasteiger partial charge on any atom is -0.0321 e. The Morgan fingerprint density at radius 1 is 0.318 bits per heavy atom. The van der Waals surface area contributed by atoms with E-state index in [-0.39, 0.29) is 0 Å². The SMILES string of the molecule is C1CC2CC1C1CC(C3CC4CC3C3C5CCC(C5)C43)CC21. The van der Waals surface area contributed by atoms with Gasteiger partial charge in [0.25, 0.3) is 0 Å². The van der Waals surface area contributed by atoms with Crippen molar-refractivity contribution < 1.29 is 0 Å². The predicted molar refractivity (Wildman–Crippen MR) is 88.1 cm³/mol. The van der Waals surface area contributed by atoms with Crippen molar-refractivity contribution in [2.45, 2.75) is 64.2 Å². The summed E-state index contributed by atoms with van der Waals surface area (Å²) in [6, 6.07) is 0. The summed E-state index contributed by atoms with van der Waals surface area (Å²) < 4.78 is 0. The number of fused-ring (bicyclic) bond motifs is 14. The molecule has 0 amide bonds. The zero-order chi connectivity index (χ0) is 14.0. The third-order valence-corrected chi connectivity index (χ3v) is 10.8. The molecule has 0 aromatic heterocycles. The van der Waals surface area contributed by atoms with Crippen LogP contribution in [0.4, 0.5) is 0 Å². The molecule has 120 valence electrons. The van der Waals surface area contributed by atoms with Crippen molar-refractivity contribution in [3.8, 4) is 0 Å². The Balaban J connectivity index is 1.16. The van der Waals surface area contributed by atoms with Crippen molar-refractivity contribution in [2.75, 3.05) is 0 Å². The maximum absolute atomic E-state index is 1.69. The number of rotatable bonds is 1. The van der Waals surface area contributed by atoms with Crippen molar-refractivity contribution in [3.63, 3.8) is 0 Å². The fourth-order valence-electron chi connectivity index (χ4n) is 10.6. The summed E-state index contributed by atoms with van der Waals surface area (Å²) in [6.45, 7) is 0. The molecule has 0 saturated heterocycles. The standard InChI is InChI=1S/C22H32/c1-2-12-5-11(1)17-7-15(8-18(12)17)19-9-16-10-20(19)22-14-4-3-13(6-14)21(16)22/h11-22H,1-10H2. The molecule has 0 aromatic rings. The highest BCUT2D eigenvalue weighted by atomic mass is 14.7. The van der Waals surface area contributed by atoms with E-state index < -0.39 is 0 Å². The second kappa shape index (κ2) is 3.97. The van der Waals surface area contributed by atoms with Gasteiger partial charge in [-0.25, -0.2) is 0 Å². The number of hydrogen-bond acceptors (Lipinski definition) is 0. The van der Waals surface area contributed by atoms with Crippen LogP contribution in [0.25, 0.3) is 0 Å². The van der Waals surface area contributed by atoms with Gasteiger partial charge < -0.3 is 0 Å². The van der Waals surface area contributed by atoms with Crippen molar-refractivity contribution in [3.05, 3.63) is 0 Å². The molecule has 22 heavy (non-hydrogen) atoms. The molecule has 0 N–H and O–H groups in total. The van der Waals surface area contributed by atoms with Gasteiger partial charge in [0.15, 0.2) is 0 Å². The van der Waals surface area contributed by atoms with Gasteiger partial charge in [0.05, 0.1) is 0 Å². The Hall–Kier alpha value is 0. The quantitative estimate of drug-likeness (QED) is 0.570. The van der Waals surface area contributed by atoms with E-state index in [0.29, 0.717) is 0 Å². The van der Waals surface area contributed by atoms with E-state index >= 15 is 0 Å².